The van der Waals surface area contributed by atoms with Crippen molar-refractivity contribution in [3.05, 3.63) is 60.2 Å². The number of hydrogen-bond donors (Lipinski definition) is 0. The normalized spacial score (nSPS) is 20.7. The summed E-state index contributed by atoms with van der Waals surface area (Å²) in [4.78, 5) is 2.53. The Balaban J connectivity index is 1.67. The van der Waals surface area contributed by atoms with Crippen molar-refractivity contribution in [1.29, 1.82) is 0 Å². The highest BCUT2D eigenvalue weighted by atomic mass is 35.5. The minimum absolute atomic E-state index is 0.0744. The highest BCUT2D eigenvalue weighted by molar-refractivity contribution is 6.21. The smallest absolute Gasteiger partial charge is 0.0712 e. The Labute approximate surface area is 138 Å². The lowest BCUT2D eigenvalue weighted by Gasteiger charge is -2.34. The average Bonchev–Trinajstić information content (AvgIpc) is 2.58. The van der Waals surface area contributed by atoms with Gasteiger partial charge < -0.3 is 0 Å². The summed E-state index contributed by atoms with van der Waals surface area (Å²) >= 11 is 6.66. The Morgan fingerprint density at radius 1 is 1.00 bits per heavy atom. The average molecular weight is 314 g/mol. The van der Waals surface area contributed by atoms with E-state index in [0.29, 0.717) is 6.04 Å². The van der Waals surface area contributed by atoms with Crippen molar-refractivity contribution in [3.8, 4) is 11.1 Å². The van der Waals surface area contributed by atoms with Gasteiger partial charge in [-0.05, 0) is 43.0 Å². The number of hydrogen-bond acceptors (Lipinski definition) is 1. The van der Waals surface area contributed by atoms with Crippen LogP contribution in [-0.4, -0.2) is 24.0 Å². The van der Waals surface area contributed by atoms with Crippen LogP contribution >= 0.6 is 11.6 Å². The topological polar surface area (TPSA) is 3.24 Å². The van der Waals surface area contributed by atoms with Crippen LogP contribution in [0.25, 0.3) is 11.1 Å². The second-order valence-corrected chi connectivity index (χ2v) is 6.82. The molecule has 2 aromatic rings. The SMILES string of the molecule is CC1CCCCN1CC(Cl)c1ccc(-c2ccccc2)cc1. The summed E-state index contributed by atoms with van der Waals surface area (Å²) in [5.74, 6) is 0. The Morgan fingerprint density at radius 2 is 1.68 bits per heavy atom. The second-order valence-electron chi connectivity index (χ2n) is 6.30. The first kappa shape index (κ1) is 15.6. The quantitative estimate of drug-likeness (QED) is 0.673. The van der Waals surface area contributed by atoms with E-state index < -0.39 is 0 Å². The number of nitrogens with zero attached hydrogens (tertiary/aromatic N) is 1. The van der Waals surface area contributed by atoms with Gasteiger partial charge in [0, 0.05) is 12.6 Å². The minimum Gasteiger partial charge on any atom is -0.299 e. The maximum atomic E-state index is 6.66. The van der Waals surface area contributed by atoms with Crippen molar-refractivity contribution in [2.45, 2.75) is 37.6 Å². The third kappa shape index (κ3) is 3.71. The molecule has 3 rings (SSSR count). The van der Waals surface area contributed by atoms with Crippen LogP contribution in [0, 0.1) is 0 Å². The molecule has 1 aliphatic heterocycles. The van der Waals surface area contributed by atoms with E-state index in [-0.39, 0.29) is 5.38 Å². The van der Waals surface area contributed by atoms with Crippen molar-refractivity contribution in [2.24, 2.45) is 0 Å². The van der Waals surface area contributed by atoms with Crippen LogP contribution < -0.4 is 0 Å². The maximum Gasteiger partial charge on any atom is 0.0712 e. The Bertz CT molecular complexity index is 578. The fourth-order valence-corrected chi connectivity index (χ4v) is 3.58. The lowest BCUT2D eigenvalue weighted by molar-refractivity contribution is 0.161. The van der Waals surface area contributed by atoms with Gasteiger partial charge in [-0.25, -0.2) is 0 Å². The molecule has 0 aliphatic carbocycles. The zero-order valence-electron chi connectivity index (χ0n) is 13.2. The van der Waals surface area contributed by atoms with Gasteiger partial charge in [0.1, 0.15) is 0 Å². The molecule has 0 aromatic heterocycles. The standard InChI is InChI=1S/C20H24ClN/c1-16-7-5-6-14-22(16)15-20(21)19-12-10-18(11-13-19)17-8-3-2-4-9-17/h2-4,8-13,16,20H,5-7,14-15H2,1H3. The number of alkyl halides is 1. The molecule has 0 bridgehead atoms. The molecule has 0 amide bonds. The Morgan fingerprint density at radius 3 is 2.36 bits per heavy atom. The van der Waals surface area contributed by atoms with Crippen LogP contribution in [-0.2, 0) is 0 Å². The summed E-state index contributed by atoms with van der Waals surface area (Å²) in [6.45, 7) is 4.46. The van der Waals surface area contributed by atoms with Crippen molar-refractivity contribution in [3.63, 3.8) is 0 Å². The van der Waals surface area contributed by atoms with Gasteiger partial charge in [0.05, 0.1) is 5.38 Å². The van der Waals surface area contributed by atoms with Gasteiger partial charge >= 0.3 is 0 Å². The third-order valence-corrected chi connectivity index (χ3v) is 5.10. The Kier molecular flexibility index (Phi) is 5.17. The van der Waals surface area contributed by atoms with Gasteiger partial charge in [0.15, 0.2) is 0 Å². The summed E-state index contributed by atoms with van der Waals surface area (Å²) < 4.78 is 0. The summed E-state index contributed by atoms with van der Waals surface area (Å²) in [7, 11) is 0. The van der Waals surface area contributed by atoms with Gasteiger partial charge in [-0.3, -0.25) is 4.90 Å². The van der Waals surface area contributed by atoms with Gasteiger partial charge in [0.2, 0.25) is 0 Å². The Hall–Kier alpha value is -1.31. The van der Waals surface area contributed by atoms with Crippen molar-refractivity contribution >= 4 is 11.6 Å². The summed E-state index contributed by atoms with van der Waals surface area (Å²) in [6, 6.07) is 19.9. The molecule has 1 heterocycles. The molecule has 22 heavy (non-hydrogen) atoms. The molecule has 1 saturated heterocycles. The van der Waals surface area contributed by atoms with Gasteiger partial charge in [-0.2, -0.15) is 0 Å². The second kappa shape index (κ2) is 7.30. The molecule has 1 aliphatic rings. The highest BCUT2D eigenvalue weighted by Gasteiger charge is 2.21. The molecule has 0 saturated carbocycles. The third-order valence-electron chi connectivity index (χ3n) is 4.71. The molecule has 2 heteroatoms. The van der Waals surface area contributed by atoms with E-state index in [1.807, 2.05) is 6.07 Å². The fraction of sp³-hybridized carbons (Fsp3) is 0.400. The number of likely N-dealkylation sites (tertiary alicyclic amines) is 1. The molecule has 116 valence electrons. The van der Waals surface area contributed by atoms with Crippen molar-refractivity contribution < 1.29 is 0 Å². The summed E-state index contributed by atoms with van der Waals surface area (Å²) in [6.07, 6.45) is 3.97. The summed E-state index contributed by atoms with van der Waals surface area (Å²) in [5, 5.41) is 0.0744. The van der Waals surface area contributed by atoms with Crippen molar-refractivity contribution in [2.75, 3.05) is 13.1 Å². The van der Waals surface area contributed by atoms with Crippen LogP contribution in [0.2, 0.25) is 0 Å². The van der Waals surface area contributed by atoms with E-state index >= 15 is 0 Å². The van der Waals surface area contributed by atoms with E-state index in [9.17, 15) is 0 Å². The molecule has 1 nitrogen and oxygen atoms in total. The van der Waals surface area contributed by atoms with Gasteiger partial charge in [-0.15, -0.1) is 11.6 Å². The van der Waals surface area contributed by atoms with E-state index in [4.69, 9.17) is 11.6 Å². The predicted octanol–water partition coefficient (Wildman–Crippen LogP) is 5.51. The summed E-state index contributed by atoms with van der Waals surface area (Å²) in [5.41, 5.74) is 3.73. The van der Waals surface area contributed by atoms with E-state index in [1.165, 1.54) is 42.5 Å². The van der Waals surface area contributed by atoms with Crippen molar-refractivity contribution in [1.82, 2.24) is 4.90 Å². The first-order valence-corrected chi connectivity index (χ1v) is 8.71. The molecular weight excluding hydrogens is 290 g/mol. The van der Waals surface area contributed by atoms with Crippen LogP contribution in [0.3, 0.4) is 0 Å². The first-order chi connectivity index (χ1) is 10.7. The lowest BCUT2D eigenvalue weighted by atomic mass is 10.0. The van der Waals surface area contributed by atoms with Crippen LogP contribution in [0.5, 0.6) is 0 Å². The molecule has 0 radical (unpaired) electrons. The highest BCUT2D eigenvalue weighted by Crippen LogP contribution is 2.28. The van der Waals surface area contributed by atoms with Gasteiger partial charge in [0.25, 0.3) is 0 Å². The predicted molar refractivity (Wildman–Crippen MR) is 95.4 cm³/mol. The monoisotopic (exact) mass is 313 g/mol. The molecule has 0 N–H and O–H groups in total. The number of rotatable bonds is 4. The van der Waals surface area contributed by atoms with E-state index in [1.54, 1.807) is 0 Å². The van der Waals surface area contributed by atoms with Gasteiger partial charge in [-0.1, -0.05) is 61.0 Å². The van der Waals surface area contributed by atoms with Crippen LogP contribution in [0.4, 0.5) is 0 Å². The molecular formula is C20H24ClN. The molecule has 2 unspecified atom stereocenters. The maximum absolute atomic E-state index is 6.66. The number of halogens is 1. The zero-order chi connectivity index (χ0) is 15.4. The largest absolute Gasteiger partial charge is 0.299 e. The molecule has 2 atom stereocenters. The zero-order valence-corrected chi connectivity index (χ0v) is 14.0. The fourth-order valence-electron chi connectivity index (χ4n) is 3.26. The molecule has 1 fully saturated rings. The minimum atomic E-state index is 0.0744. The number of benzene rings is 2. The van der Waals surface area contributed by atoms with E-state index in [0.717, 1.165) is 6.54 Å². The van der Waals surface area contributed by atoms with Crippen LogP contribution in [0.15, 0.2) is 54.6 Å². The first-order valence-electron chi connectivity index (χ1n) is 8.27. The molecule has 2 aromatic carbocycles. The number of piperidine rings is 1. The van der Waals surface area contributed by atoms with E-state index in [2.05, 4.69) is 60.4 Å². The lowest BCUT2D eigenvalue weighted by Crippen LogP contribution is -2.39. The van der Waals surface area contributed by atoms with Crippen LogP contribution in [0.1, 0.15) is 37.1 Å². The molecule has 0 spiro atoms.